The van der Waals surface area contributed by atoms with Crippen molar-refractivity contribution in [3.63, 3.8) is 0 Å². The average molecular weight is 439 g/mol. The summed E-state index contributed by atoms with van der Waals surface area (Å²) in [5.41, 5.74) is 0.256. The largest absolute Gasteiger partial charge is 0.494 e. The van der Waals surface area contributed by atoms with E-state index in [9.17, 15) is 26.4 Å². The van der Waals surface area contributed by atoms with Gasteiger partial charge in [-0.25, -0.2) is 17.8 Å². The molecule has 1 N–H and O–H groups in total. The number of amides is 1. The fourth-order valence-electron chi connectivity index (χ4n) is 2.61. The molecule has 0 spiro atoms. The molecule has 0 bridgehead atoms. The van der Waals surface area contributed by atoms with Crippen molar-refractivity contribution in [2.75, 3.05) is 7.11 Å². The Kier molecular flexibility index (Phi) is 5.57. The topological polar surface area (TPSA) is 90.3 Å². The molecule has 0 aliphatic heterocycles. The molecular formula is C19H16F3N3O4S. The maximum atomic E-state index is 12.6. The molecule has 7 nitrogen and oxygen atoms in total. The van der Waals surface area contributed by atoms with Crippen LogP contribution in [0.3, 0.4) is 0 Å². The Bertz CT molecular complexity index is 1190. The number of nitrogens with zero attached hydrogens (tertiary/aromatic N) is 2. The summed E-state index contributed by atoms with van der Waals surface area (Å²) in [6, 6.07) is 9.42. The van der Waals surface area contributed by atoms with E-state index < -0.39 is 32.6 Å². The molecule has 0 aliphatic carbocycles. The summed E-state index contributed by atoms with van der Waals surface area (Å²) in [6.07, 6.45) is -3.15. The first-order valence-electron chi connectivity index (χ1n) is 8.46. The molecule has 1 amide bonds. The first-order valence-corrected chi connectivity index (χ1v) is 9.95. The number of nitrogens with one attached hydrogen (secondary N) is 1. The molecule has 0 fully saturated rings. The van der Waals surface area contributed by atoms with Gasteiger partial charge in [-0.05, 0) is 55.0 Å². The van der Waals surface area contributed by atoms with Gasteiger partial charge in [0.15, 0.2) is 5.69 Å². The quantitative estimate of drug-likeness (QED) is 0.659. The number of aromatic nitrogens is 2. The van der Waals surface area contributed by atoms with Crippen LogP contribution >= 0.6 is 0 Å². The van der Waals surface area contributed by atoms with Crippen LogP contribution in [0.25, 0.3) is 5.69 Å². The highest BCUT2D eigenvalue weighted by molar-refractivity contribution is 7.90. The summed E-state index contributed by atoms with van der Waals surface area (Å²) in [5, 5.41) is 4.07. The molecule has 158 valence electrons. The first kappa shape index (κ1) is 21.4. The first-order chi connectivity index (χ1) is 14.0. The van der Waals surface area contributed by atoms with Gasteiger partial charge in [0.2, 0.25) is 0 Å². The SMILES string of the molecule is COc1ccc(C)cc1-n1ccc(C(=O)NS(=O)(=O)c2ccc(C(F)(F)F)cc2)n1. The van der Waals surface area contributed by atoms with E-state index in [-0.39, 0.29) is 5.69 Å². The van der Waals surface area contributed by atoms with Crippen molar-refractivity contribution in [2.45, 2.75) is 18.0 Å². The van der Waals surface area contributed by atoms with Crippen LogP contribution in [0.5, 0.6) is 5.75 Å². The Morgan fingerprint density at radius 3 is 2.37 bits per heavy atom. The van der Waals surface area contributed by atoms with Gasteiger partial charge in [-0.2, -0.15) is 18.3 Å². The zero-order chi connectivity index (χ0) is 22.1. The molecular weight excluding hydrogens is 423 g/mol. The number of carbonyl (C=O) groups is 1. The highest BCUT2D eigenvalue weighted by Crippen LogP contribution is 2.29. The number of carbonyl (C=O) groups excluding carboxylic acids is 1. The number of hydrogen-bond donors (Lipinski definition) is 1. The van der Waals surface area contributed by atoms with Crippen LogP contribution < -0.4 is 9.46 Å². The van der Waals surface area contributed by atoms with Gasteiger partial charge in [0.05, 0.1) is 17.6 Å². The standard InChI is InChI=1S/C19H16F3N3O4S/c1-12-3-8-17(29-2)16(11-12)25-10-9-15(23-25)18(26)24-30(27,28)14-6-4-13(5-7-14)19(20,21)22/h3-11H,1-2H3,(H,24,26). The summed E-state index contributed by atoms with van der Waals surface area (Å²) in [5.74, 6) is -0.534. The highest BCUT2D eigenvalue weighted by Gasteiger charge is 2.31. The summed E-state index contributed by atoms with van der Waals surface area (Å²) in [4.78, 5) is 11.9. The molecule has 11 heteroatoms. The molecule has 3 rings (SSSR count). The van der Waals surface area contributed by atoms with Gasteiger partial charge in [-0.15, -0.1) is 0 Å². The fraction of sp³-hybridized carbons (Fsp3) is 0.158. The van der Waals surface area contributed by atoms with E-state index >= 15 is 0 Å². The monoisotopic (exact) mass is 439 g/mol. The molecule has 0 aliphatic rings. The summed E-state index contributed by atoms with van der Waals surface area (Å²) in [7, 11) is -2.91. The van der Waals surface area contributed by atoms with E-state index in [4.69, 9.17) is 4.74 Å². The zero-order valence-corrected chi connectivity index (χ0v) is 16.6. The fourth-order valence-corrected chi connectivity index (χ4v) is 3.58. The van der Waals surface area contributed by atoms with Crippen molar-refractivity contribution in [2.24, 2.45) is 0 Å². The van der Waals surface area contributed by atoms with E-state index in [1.807, 2.05) is 13.0 Å². The number of halogens is 3. The molecule has 0 saturated carbocycles. The Labute approximate surface area is 170 Å². The maximum absolute atomic E-state index is 12.6. The van der Waals surface area contributed by atoms with Crippen LogP contribution in [0.1, 0.15) is 21.6 Å². The average Bonchev–Trinajstić information content (AvgIpc) is 3.17. The van der Waals surface area contributed by atoms with Gasteiger partial charge in [0.1, 0.15) is 11.4 Å². The molecule has 3 aromatic rings. The minimum absolute atomic E-state index is 0.200. The zero-order valence-electron chi connectivity index (χ0n) is 15.8. The number of ether oxygens (including phenoxy) is 1. The van der Waals surface area contributed by atoms with E-state index in [1.54, 1.807) is 16.9 Å². The number of alkyl halides is 3. The lowest BCUT2D eigenvalue weighted by atomic mass is 10.2. The number of aryl methyl sites for hydroxylation is 1. The lowest BCUT2D eigenvalue weighted by Crippen LogP contribution is -2.31. The second kappa shape index (κ2) is 7.82. The molecule has 1 aromatic heterocycles. The van der Waals surface area contributed by atoms with Gasteiger partial charge in [-0.1, -0.05) is 6.07 Å². The van der Waals surface area contributed by atoms with Gasteiger partial charge < -0.3 is 4.74 Å². The molecule has 1 heterocycles. The number of hydrogen-bond acceptors (Lipinski definition) is 5. The molecule has 30 heavy (non-hydrogen) atoms. The molecule has 0 unspecified atom stereocenters. The number of rotatable bonds is 5. The summed E-state index contributed by atoms with van der Waals surface area (Å²) < 4.78 is 71.0. The third-order valence-corrected chi connectivity index (χ3v) is 5.47. The van der Waals surface area contributed by atoms with Crippen molar-refractivity contribution >= 4 is 15.9 Å². The Morgan fingerprint density at radius 2 is 1.77 bits per heavy atom. The van der Waals surface area contributed by atoms with Crippen LogP contribution in [0, 0.1) is 6.92 Å². The van der Waals surface area contributed by atoms with Crippen molar-refractivity contribution in [1.82, 2.24) is 14.5 Å². The summed E-state index contributed by atoms with van der Waals surface area (Å²) >= 11 is 0. The third kappa shape index (κ3) is 4.46. The summed E-state index contributed by atoms with van der Waals surface area (Å²) in [6.45, 7) is 1.86. The number of methoxy groups -OCH3 is 1. The predicted molar refractivity (Wildman–Crippen MR) is 101 cm³/mol. The van der Waals surface area contributed by atoms with Crippen LogP contribution in [-0.4, -0.2) is 31.2 Å². The minimum Gasteiger partial charge on any atom is -0.494 e. The smallest absolute Gasteiger partial charge is 0.416 e. The van der Waals surface area contributed by atoms with Gasteiger partial charge >= 0.3 is 6.18 Å². The lowest BCUT2D eigenvalue weighted by molar-refractivity contribution is -0.137. The van der Waals surface area contributed by atoms with E-state index in [2.05, 4.69) is 5.10 Å². The second-order valence-electron chi connectivity index (χ2n) is 6.28. The van der Waals surface area contributed by atoms with Crippen molar-refractivity contribution in [3.05, 3.63) is 71.5 Å². The van der Waals surface area contributed by atoms with Crippen molar-refractivity contribution in [3.8, 4) is 11.4 Å². The van der Waals surface area contributed by atoms with Crippen LogP contribution in [-0.2, 0) is 16.2 Å². The van der Waals surface area contributed by atoms with E-state index in [1.165, 1.54) is 24.1 Å². The Morgan fingerprint density at radius 1 is 1.10 bits per heavy atom. The molecule has 0 saturated heterocycles. The second-order valence-corrected chi connectivity index (χ2v) is 7.96. The predicted octanol–water partition coefficient (Wildman–Crippen LogP) is 3.33. The Balaban J connectivity index is 1.82. The van der Waals surface area contributed by atoms with E-state index in [0.717, 1.165) is 17.7 Å². The molecule has 0 atom stereocenters. The molecule has 0 radical (unpaired) electrons. The van der Waals surface area contributed by atoms with Crippen LogP contribution in [0.4, 0.5) is 13.2 Å². The molecule has 2 aromatic carbocycles. The van der Waals surface area contributed by atoms with Crippen molar-refractivity contribution in [1.29, 1.82) is 0 Å². The van der Waals surface area contributed by atoms with Crippen molar-refractivity contribution < 1.29 is 31.1 Å². The van der Waals surface area contributed by atoms with Gasteiger partial charge in [-0.3, -0.25) is 4.79 Å². The van der Waals surface area contributed by atoms with Crippen LogP contribution in [0.15, 0.2) is 59.6 Å². The van der Waals surface area contributed by atoms with Gasteiger partial charge in [0.25, 0.3) is 15.9 Å². The number of benzene rings is 2. The number of sulfonamides is 1. The highest BCUT2D eigenvalue weighted by atomic mass is 32.2. The van der Waals surface area contributed by atoms with E-state index in [0.29, 0.717) is 23.6 Å². The van der Waals surface area contributed by atoms with Crippen LogP contribution in [0.2, 0.25) is 0 Å². The Hall–Kier alpha value is -3.34. The minimum atomic E-state index is -4.60. The lowest BCUT2D eigenvalue weighted by Gasteiger charge is -2.10. The maximum Gasteiger partial charge on any atom is 0.416 e. The van der Waals surface area contributed by atoms with Gasteiger partial charge in [0, 0.05) is 6.20 Å². The normalized spacial score (nSPS) is 11.9. The third-order valence-electron chi connectivity index (χ3n) is 4.12.